The Morgan fingerprint density at radius 3 is 2.54 bits per heavy atom. The van der Waals surface area contributed by atoms with Gasteiger partial charge >= 0.3 is 5.97 Å². The number of halogens is 1. The molecular formula is C19H22BrNO7. The summed E-state index contributed by atoms with van der Waals surface area (Å²) in [7, 11) is 2.95. The molecule has 0 saturated heterocycles. The number of ether oxygens (including phenoxy) is 4. The summed E-state index contributed by atoms with van der Waals surface area (Å²) in [6, 6.07) is 4.90. The van der Waals surface area contributed by atoms with Gasteiger partial charge < -0.3 is 18.9 Å². The van der Waals surface area contributed by atoms with E-state index in [2.05, 4.69) is 21.2 Å². The summed E-state index contributed by atoms with van der Waals surface area (Å²) in [5, 5.41) is 3.17. The Morgan fingerprint density at radius 2 is 1.96 bits per heavy atom. The van der Waals surface area contributed by atoms with Crippen LogP contribution in [0.1, 0.15) is 32.3 Å². The summed E-state index contributed by atoms with van der Waals surface area (Å²) in [6.07, 6.45) is 0.801. The number of carbonyl (C=O) groups is 3. The van der Waals surface area contributed by atoms with Gasteiger partial charge in [0.05, 0.1) is 14.2 Å². The van der Waals surface area contributed by atoms with Crippen LogP contribution in [-0.4, -0.2) is 37.2 Å². The summed E-state index contributed by atoms with van der Waals surface area (Å²) in [4.78, 5) is 36.7. The fraction of sp³-hybridized carbons (Fsp3) is 0.421. The molecule has 0 spiro atoms. The zero-order valence-electron chi connectivity index (χ0n) is 16.1. The second kappa shape index (κ2) is 9.09. The van der Waals surface area contributed by atoms with E-state index in [0.29, 0.717) is 28.8 Å². The number of benzene rings is 1. The van der Waals surface area contributed by atoms with Crippen LogP contribution >= 0.6 is 15.9 Å². The van der Waals surface area contributed by atoms with E-state index in [0.717, 1.165) is 6.92 Å². The largest absolute Gasteiger partial charge is 0.497 e. The van der Waals surface area contributed by atoms with Gasteiger partial charge in [-0.1, -0.05) is 15.9 Å². The van der Waals surface area contributed by atoms with Crippen molar-refractivity contribution in [2.75, 3.05) is 19.5 Å². The number of methoxy groups -OCH3 is 2. The van der Waals surface area contributed by atoms with E-state index in [1.165, 1.54) is 21.1 Å². The minimum absolute atomic E-state index is 0.202. The molecule has 1 aromatic rings. The van der Waals surface area contributed by atoms with E-state index >= 15 is 0 Å². The average Bonchev–Trinajstić information content (AvgIpc) is 2.90. The SMILES string of the molecule is COc1ccc(OC)c(C2(C)OC(NC(=O)CCCBr)=C(OC(C)=O)C2=O)c1. The van der Waals surface area contributed by atoms with Crippen molar-refractivity contribution in [1.29, 1.82) is 0 Å². The van der Waals surface area contributed by atoms with Gasteiger partial charge in [0, 0.05) is 24.2 Å². The quantitative estimate of drug-likeness (QED) is 0.474. The number of rotatable bonds is 8. The lowest BCUT2D eigenvalue weighted by Gasteiger charge is -2.26. The normalized spacial score (nSPS) is 18.5. The van der Waals surface area contributed by atoms with Crippen LogP contribution in [0, 0.1) is 0 Å². The molecule has 0 aliphatic carbocycles. The molecule has 2 rings (SSSR count). The Morgan fingerprint density at radius 1 is 1.25 bits per heavy atom. The highest BCUT2D eigenvalue weighted by Crippen LogP contribution is 2.43. The number of esters is 1. The second-order valence-corrected chi connectivity index (χ2v) is 6.92. The Bertz CT molecular complexity index is 821. The van der Waals surface area contributed by atoms with Gasteiger partial charge in [-0.05, 0) is 31.5 Å². The van der Waals surface area contributed by atoms with Crippen LogP contribution in [-0.2, 0) is 29.5 Å². The molecule has 152 valence electrons. The molecule has 1 heterocycles. The van der Waals surface area contributed by atoms with Crippen molar-refractivity contribution in [3.8, 4) is 11.5 Å². The van der Waals surface area contributed by atoms with Crippen LogP contribution in [0.2, 0.25) is 0 Å². The van der Waals surface area contributed by atoms with E-state index in [1.807, 2.05) is 0 Å². The summed E-state index contributed by atoms with van der Waals surface area (Å²) in [5.74, 6) is -1.39. The molecule has 1 amide bonds. The number of Topliss-reactive ketones (excluding diaryl/α,β-unsaturated/α-hetero) is 1. The number of ketones is 1. The lowest BCUT2D eigenvalue weighted by atomic mass is 9.90. The highest BCUT2D eigenvalue weighted by Gasteiger charge is 2.51. The fourth-order valence-electron chi connectivity index (χ4n) is 2.72. The maximum Gasteiger partial charge on any atom is 0.308 e. The molecule has 1 aromatic carbocycles. The highest BCUT2D eigenvalue weighted by molar-refractivity contribution is 9.09. The van der Waals surface area contributed by atoms with Crippen molar-refractivity contribution < 1.29 is 33.3 Å². The molecule has 0 radical (unpaired) electrons. The molecule has 1 N–H and O–H groups in total. The van der Waals surface area contributed by atoms with Gasteiger partial charge in [-0.2, -0.15) is 0 Å². The molecule has 1 aliphatic heterocycles. The lowest BCUT2D eigenvalue weighted by Crippen LogP contribution is -2.33. The first-order chi connectivity index (χ1) is 13.3. The van der Waals surface area contributed by atoms with Crippen molar-refractivity contribution in [2.24, 2.45) is 0 Å². The van der Waals surface area contributed by atoms with Crippen LogP contribution in [0.25, 0.3) is 0 Å². The molecule has 8 nitrogen and oxygen atoms in total. The monoisotopic (exact) mass is 455 g/mol. The van der Waals surface area contributed by atoms with E-state index in [9.17, 15) is 14.4 Å². The number of amides is 1. The van der Waals surface area contributed by atoms with Gasteiger partial charge in [-0.25, -0.2) is 0 Å². The first kappa shape index (κ1) is 21.7. The van der Waals surface area contributed by atoms with Gasteiger partial charge in [-0.15, -0.1) is 0 Å². The number of alkyl halides is 1. The Labute approximate surface area is 171 Å². The van der Waals surface area contributed by atoms with Gasteiger partial charge in [0.1, 0.15) is 11.5 Å². The van der Waals surface area contributed by atoms with Crippen LogP contribution in [0.5, 0.6) is 11.5 Å². The molecule has 1 atom stereocenters. The molecule has 1 unspecified atom stereocenters. The first-order valence-corrected chi connectivity index (χ1v) is 9.63. The Balaban J connectivity index is 2.45. The van der Waals surface area contributed by atoms with Crippen LogP contribution in [0.3, 0.4) is 0 Å². The fourth-order valence-corrected chi connectivity index (χ4v) is 3.00. The standard InChI is InChI=1S/C19H22BrNO7/c1-11(22)27-16-17(24)19(2,28-18(16)21-15(23)6-5-9-20)13-10-12(25-3)7-8-14(13)26-4/h7-8,10H,5-6,9H2,1-4H3,(H,21,23). The predicted molar refractivity (Wildman–Crippen MR) is 103 cm³/mol. The van der Waals surface area contributed by atoms with Crippen molar-refractivity contribution in [1.82, 2.24) is 5.32 Å². The van der Waals surface area contributed by atoms with Crippen LogP contribution < -0.4 is 14.8 Å². The number of carbonyl (C=O) groups excluding carboxylic acids is 3. The maximum atomic E-state index is 13.1. The predicted octanol–water partition coefficient (Wildman–Crippen LogP) is 2.54. The summed E-state index contributed by atoms with van der Waals surface area (Å²) in [6.45, 7) is 2.67. The van der Waals surface area contributed by atoms with E-state index < -0.39 is 17.4 Å². The molecule has 28 heavy (non-hydrogen) atoms. The van der Waals surface area contributed by atoms with Crippen molar-refractivity contribution in [3.63, 3.8) is 0 Å². The van der Waals surface area contributed by atoms with Crippen LogP contribution in [0.4, 0.5) is 0 Å². The Kier molecular flexibility index (Phi) is 7.06. The van der Waals surface area contributed by atoms with Crippen molar-refractivity contribution in [3.05, 3.63) is 35.4 Å². The summed E-state index contributed by atoms with van der Waals surface area (Å²) < 4.78 is 21.5. The minimum Gasteiger partial charge on any atom is -0.497 e. The molecule has 9 heteroatoms. The van der Waals surface area contributed by atoms with Gasteiger partial charge in [0.15, 0.2) is 0 Å². The van der Waals surface area contributed by atoms with E-state index in [1.54, 1.807) is 18.2 Å². The van der Waals surface area contributed by atoms with Crippen molar-refractivity contribution in [2.45, 2.75) is 32.3 Å². The number of hydrogen-bond donors (Lipinski definition) is 1. The van der Waals surface area contributed by atoms with Gasteiger partial charge in [0.2, 0.25) is 23.2 Å². The number of hydrogen-bond acceptors (Lipinski definition) is 7. The molecule has 0 bridgehead atoms. The van der Waals surface area contributed by atoms with Crippen LogP contribution in [0.15, 0.2) is 29.8 Å². The molecule has 1 aliphatic rings. The second-order valence-electron chi connectivity index (χ2n) is 6.12. The first-order valence-electron chi connectivity index (χ1n) is 8.51. The van der Waals surface area contributed by atoms with Crippen molar-refractivity contribution >= 4 is 33.6 Å². The third-order valence-electron chi connectivity index (χ3n) is 4.11. The van der Waals surface area contributed by atoms with E-state index in [-0.39, 0.29) is 24.0 Å². The smallest absolute Gasteiger partial charge is 0.308 e. The third-order valence-corrected chi connectivity index (χ3v) is 4.67. The van der Waals surface area contributed by atoms with Gasteiger partial charge in [-0.3, -0.25) is 19.7 Å². The zero-order chi connectivity index (χ0) is 20.9. The molecule has 0 aromatic heterocycles. The summed E-state index contributed by atoms with van der Waals surface area (Å²) >= 11 is 3.25. The lowest BCUT2D eigenvalue weighted by molar-refractivity contribution is -0.142. The topological polar surface area (TPSA) is 100 Å². The zero-order valence-corrected chi connectivity index (χ0v) is 17.7. The van der Waals surface area contributed by atoms with Gasteiger partial charge in [0.25, 0.3) is 5.78 Å². The molecule has 0 fully saturated rings. The van der Waals surface area contributed by atoms with E-state index in [4.69, 9.17) is 18.9 Å². The molecule has 0 saturated carbocycles. The highest BCUT2D eigenvalue weighted by atomic mass is 79.9. The minimum atomic E-state index is -1.58. The number of nitrogens with one attached hydrogen (secondary N) is 1. The average molecular weight is 456 g/mol. The Hall–Kier alpha value is -2.55. The summed E-state index contributed by atoms with van der Waals surface area (Å²) in [5.41, 5.74) is -1.21. The third kappa shape index (κ3) is 4.46. The molecular weight excluding hydrogens is 434 g/mol. The maximum absolute atomic E-state index is 13.1.